The molecule has 2 N–H and O–H groups in total. The standard InChI is InChI=1S/C16H23FN2O3/c1-19(10-12-5-8-21-11-12)16(20)14-9-13(17)3-4-15(14)22-7-2-6-18/h3-4,9,12H,2,5-8,10-11,18H2,1H3/t12-/m1/s1. The third kappa shape index (κ3) is 4.42. The summed E-state index contributed by atoms with van der Waals surface area (Å²) in [6.45, 7) is 2.91. The van der Waals surface area contributed by atoms with Crippen molar-refractivity contribution in [2.24, 2.45) is 11.7 Å². The summed E-state index contributed by atoms with van der Waals surface area (Å²) in [7, 11) is 1.72. The van der Waals surface area contributed by atoms with Gasteiger partial charge >= 0.3 is 0 Å². The zero-order chi connectivity index (χ0) is 15.9. The van der Waals surface area contributed by atoms with Crippen molar-refractivity contribution >= 4 is 5.91 Å². The lowest BCUT2D eigenvalue weighted by Gasteiger charge is -2.21. The number of nitrogens with zero attached hydrogens (tertiary/aromatic N) is 1. The summed E-state index contributed by atoms with van der Waals surface area (Å²) in [5.74, 6) is 0.0414. The van der Waals surface area contributed by atoms with Gasteiger partial charge in [0.2, 0.25) is 0 Å². The Morgan fingerprint density at radius 2 is 2.36 bits per heavy atom. The van der Waals surface area contributed by atoms with Crippen LogP contribution in [0, 0.1) is 11.7 Å². The summed E-state index contributed by atoms with van der Waals surface area (Å²) < 4.78 is 24.4. The van der Waals surface area contributed by atoms with Gasteiger partial charge in [-0.05, 0) is 37.6 Å². The molecule has 122 valence electrons. The van der Waals surface area contributed by atoms with Gasteiger partial charge in [-0.2, -0.15) is 0 Å². The monoisotopic (exact) mass is 310 g/mol. The minimum atomic E-state index is -0.452. The van der Waals surface area contributed by atoms with Gasteiger partial charge in [0.1, 0.15) is 11.6 Å². The van der Waals surface area contributed by atoms with Crippen molar-refractivity contribution in [2.45, 2.75) is 12.8 Å². The number of hydrogen-bond acceptors (Lipinski definition) is 4. The average Bonchev–Trinajstić information content (AvgIpc) is 3.01. The Hall–Kier alpha value is -1.66. The van der Waals surface area contributed by atoms with Crippen LogP contribution in [0.2, 0.25) is 0 Å². The Morgan fingerprint density at radius 3 is 3.05 bits per heavy atom. The summed E-state index contributed by atoms with van der Waals surface area (Å²) in [6.07, 6.45) is 1.63. The summed E-state index contributed by atoms with van der Waals surface area (Å²) >= 11 is 0. The van der Waals surface area contributed by atoms with Gasteiger partial charge in [-0.25, -0.2) is 4.39 Å². The van der Waals surface area contributed by atoms with Gasteiger partial charge in [-0.1, -0.05) is 0 Å². The van der Waals surface area contributed by atoms with E-state index in [2.05, 4.69) is 0 Å². The van der Waals surface area contributed by atoms with Crippen LogP contribution >= 0.6 is 0 Å². The van der Waals surface area contributed by atoms with Gasteiger partial charge in [0.15, 0.2) is 0 Å². The summed E-state index contributed by atoms with van der Waals surface area (Å²) in [6, 6.07) is 4.01. The zero-order valence-electron chi connectivity index (χ0n) is 12.9. The van der Waals surface area contributed by atoms with Gasteiger partial charge in [0, 0.05) is 26.1 Å². The Morgan fingerprint density at radius 1 is 1.55 bits per heavy atom. The van der Waals surface area contributed by atoms with Gasteiger partial charge < -0.3 is 20.1 Å². The van der Waals surface area contributed by atoms with Gasteiger partial charge in [0.25, 0.3) is 5.91 Å². The van der Waals surface area contributed by atoms with E-state index in [-0.39, 0.29) is 11.5 Å². The fourth-order valence-electron chi connectivity index (χ4n) is 2.46. The van der Waals surface area contributed by atoms with Gasteiger partial charge in [0.05, 0.1) is 18.8 Å². The zero-order valence-corrected chi connectivity index (χ0v) is 12.9. The minimum absolute atomic E-state index is 0.242. The molecule has 5 nitrogen and oxygen atoms in total. The van der Waals surface area contributed by atoms with Gasteiger partial charge in [-0.3, -0.25) is 4.79 Å². The molecule has 0 aromatic heterocycles. The van der Waals surface area contributed by atoms with Crippen LogP contribution in [-0.4, -0.2) is 50.8 Å². The summed E-state index contributed by atoms with van der Waals surface area (Å²) in [4.78, 5) is 14.2. The number of halogens is 1. The first kappa shape index (κ1) is 16.7. The van der Waals surface area contributed by atoms with E-state index < -0.39 is 5.82 Å². The van der Waals surface area contributed by atoms with Crippen molar-refractivity contribution in [3.8, 4) is 5.75 Å². The lowest BCUT2D eigenvalue weighted by atomic mass is 10.1. The van der Waals surface area contributed by atoms with Crippen LogP contribution in [0.5, 0.6) is 5.75 Å². The topological polar surface area (TPSA) is 64.8 Å². The molecule has 1 saturated heterocycles. The molecule has 0 radical (unpaired) electrons. The molecule has 0 aliphatic carbocycles. The first-order valence-corrected chi connectivity index (χ1v) is 7.57. The molecule has 1 aliphatic heterocycles. The molecule has 1 atom stereocenters. The molecule has 0 unspecified atom stereocenters. The highest BCUT2D eigenvalue weighted by atomic mass is 19.1. The highest BCUT2D eigenvalue weighted by Crippen LogP contribution is 2.23. The smallest absolute Gasteiger partial charge is 0.257 e. The summed E-state index contributed by atoms with van der Waals surface area (Å²) in [5.41, 5.74) is 5.68. The van der Waals surface area contributed by atoms with Crippen LogP contribution in [0.1, 0.15) is 23.2 Å². The van der Waals surface area contributed by atoms with E-state index in [1.165, 1.54) is 18.2 Å². The highest BCUT2D eigenvalue weighted by Gasteiger charge is 2.23. The normalized spacial score (nSPS) is 17.5. The number of carbonyl (C=O) groups excluding carboxylic acids is 1. The van der Waals surface area contributed by atoms with Crippen molar-refractivity contribution in [1.29, 1.82) is 0 Å². The number of rotatable bonds is 7. The first-order chi connectivity index (χ1) is 10.6. The Bertz CT molecular complexity index is 504. The number of hydrogen-bond donors (Lipinski definition) is 1. The molecule has 2 rings (SSSR count). The average molecular weight is 310 g/mol. The second-order valence-electron chi connectivity index (χ2n) is 5.55. The van der Waals surface area contributed by atoms with Gasteiger partial charge in [-0.15, -0.1) is 0 Å². The van der Waals surface area contributed by atoms with Crippen LogP contribution in [0.25, 0.3) is 0 Å². The lowest BCUT2D eigenvalue weighted by Crippen LogP contribution is -2.32. The van der Waals surface area contributed by atoms with Crippen molar-refractivity contribution in [3.63, 3.8) is 0 Å². The van der Waals surface area contributed by atoms with E-state index in [1.807, 2.05) is 0 Å². The Balaban J connectivity index is 2.07. The summed E-state index contributed by atoms with van der Waals surface area (Å²) in [5, 5.41) is 0. The molecular weight excluding hydrogens is 287 g/mol. The maximum absolute atomic E-state index is 13.5. The molecule has 1 heterocycles. The number of nitrogens with two attached hydrogens (primary N) is 1. The fourth-order valence-corrected chi connectivity index (χ4v) is 2.46. The maximum Gasteiger partial charge on any atom is 0.257 e. The molecule has 0 bridgehead atoms. The predicted molar refractivity (Wildman–Crippen MR) is 81.5 cm³/mol. The van der Waals surface area contributed by atoms with Crippen molar-refractivity contribution in [3.05, 3.63) is 29.6 Å². The second kappa shape index (κ2) is 8.10. The lowest BCUT2D eigenvalue weighted by molar-refractivity contribution is 0.0761. The second-order valence-corrected chi connectivity index (χ2v) is 5.55. The van der Waals surface area contributed by atoms with E-state index in [0.717, 1.165) is 13.0 Å². The van der Waals surface area contributed by atoms with Crippen LogP contribution in [-0.2, 0) is 4.74 Å². The number of benzene rings is 1. The maximum atomic E-state index is 13.5. The van der Waals surface area contributed by atoms with Crippen LogP contribution in [0.3, 0.4) is 0 Å². The van der Waals surface area contributed by atoms with E-state index >= 15 is 0 Å². The molecule has 1 aliphatic rings. The quantitative estimate of drug-likeness (QED) is 0.778. The first-order valence-electron chi connectivity index (χ1n) is 7.57. The molecule has 1 amide bonds. The molecule has 0 spiro atoms. The number of amides is 1. The molecule has 1 fully saturated rings. The molecule has 1 aromatic rings. The minimum Gasteiger partial charge on any atom is -0.493 e. The fraction of sp³-hybridized carbons (Fsp3) is 0.562. The van der Waals surface area contributed by atoms with E-state index in [1.54, 1.807) is 11.9 Å². The third-order valence-electron chi connectivity index (χ3n) is 3.68. The molecule has 22 heavy (non-hydrogen) atoms. The van der Waals surface area contributed by atoms with E-state index in [9.17, 15) is 9.18 Å². The largest absolute Gasteiger partial charge is 0.493 e. The Labute approximate surface area is 130 Å². The van der Waals surface area contributed by atoms with E-state index in [0.29, 0.717) is 44.4 Å². The van der Waals surface area contributed by atoms with Crippen LogP contribution < -0.4 is 10.5 Å². The molecule has 6 heteroatoms. The highest BCUT2D eigenvalue weighted by molar-refractivity contribution is 5.96. The SMILES string of the molecule is CN(C[C@H]1CCOC1)C(=O)c1cc(F)ccc1OCCCN. The molecular formula is C16H23FN2O3. The van der Waals surface area contributed by atoms with E-state index in [4.69, 9.17) is 15.2 Å². The number of ether oxygens (including phenoxy) is 2. The molecule has 0 saturated carbocycles. The number of carbonyl (C=O) groups is 1. The van der Waals surface area contributed by atoms with Crippen LogP contribution in [0.4, 0.5) is 4.39 Å². The molecule has 1 aromatic carbocycles. The third-order valence-corrected chi connectivity index (χ3v) is 3.68. The van der Waals surface area contributed by atoms with Crippen molar-refractivity contribution < 1.29 is 18.7 Å². The Kier molecular flexibility index (Phi) is 6.15. The van der Waals surface area contributed by atoms with Crippen LogP contribution in [0.15, 0.2) is 18.2 Å². The van der Waals surface area contributed by atoms with Crippen molar-refractivity contribution in [2.75, 3.05) is 40.0 Å². The predicted octanol–water partition coefficient (Wildman–Crippen LogP) is 1.66. The van der Waals surface area contributed by atoms with Crippen molar-refractivity contribution in [1.82, 2.24) is 4.90 Å².